The molecule has 0 aliphatic heterocycles. The summed E-state index contributed by atoms with van der Waals surface area (Å²) in [7, 11) is 1.70. The molecule has 3 N–H and O–H groups in total. The topological polar surface area (TPSA) is 59.6 Å². The van der Waals surface area contributed by atoms with E-state index in [2.05, 4.69) is 24.2 Å². The minimum absolute atomic E-state index is 0.0148. The van der Waals surface area contributed by atoms with E-state index in [1.54, 1.807) is 7.11 Å². The Bertz CT molecular complexity index is 363. The molecule has 0 radical (unpaired) electrons. The van der Waals surface area contributed by atoms with E-state index in [0.29, 0.717) is 18.4 Å². The molecule has 1 aromatic rings. The van der Waals surface area contributed by atoms with Crippen molar-refractivity contribution in [2.75, 3.05) is 20.2 Å². The van der Waals surface area contributed by atoms with Crippen LogP contribution in [0.2, 0.25) is 0 Å². The van der Waals surface area contributed by atoms with Crippen LogP contribution in [0, 0.1) is 5.92 Å². The van der Waals surface area contributed by atoms with Crippen molar-refractivity contribution < 1.29 is 4.74 Å². The van der Waals surface area contributed by atoms with Gasteiger partial charge in [-0.15, -0.1) is 0 Å². The van der Waals surface area contributed by atoms with Gasteiger partial charge in [0, 0.05) is 20.2 Å². The van der Waals surface area contributed by atoms with E-state index in [1.165, 1.54) is 0 Å². The largest absolute Gasteiger partial charge is 0.375 e. The van der Waals surface area contributed by atoms with E-state index in [-0.39, 0.29) is 6.10 Å². The number of benzene rings is 1. The minimum atomic E-state index is -0.0148. The van der Waals surface area contributed by atoms with Crippen LogP contribution in [0.25, 0.3) is 0 Å². The van der Waals surface area contributed by atoms with Crippen LogP contribution in [-0.4, -0.2) is 26.2 Å². The van der Waals surface area contributed by atoms with Gasteiger partial charge in [-0.1, -0.05) is 44.2 Å². The Balaban J connectivity index is 2.48. The maximum Gasteiger partial charge on any atom is 0.188 e. The van der Waals surface area contributed by atoms with Gasteiger partial charge in [-0.3, -0.25) is 4.99 Å². The Morgan fingerprint density at radius 2 is 2.00 bits per heavy atom. The molecule has 18 heavy (non-hydrogen) atoms. The quantitative estimate of drug-likeness (QED) is 0.598. The van der Waals surface area contributed by atoms with E-state index in [1.807, 2.05) is 30.3 Å². The van der Waals surface area contributed by atoms with Crippen molar-refractivity contribution in [2.24, 2.45) is 16.6 Å². The highest BCUT2D eigenvalue weighted by atomic mass is 16.5. The first-order valence-corrected chi connectivity index (χ1v) is 6.25. The lowest BCUT2D eigenvalue weighted by atomic mass is 10.1. The molecule has 0 spiro atoms. The highest BCUT2D eigenvalue weighted by Gasteiger charge is 2.09. The fourth-order valence-corrected chi connectivity index (χ4v) is 1.54. The van der Waals surface area contributed by atoms with Crippen molar-refractivity contribution in [3.63, 3.8) is 0 Å². The number of nitrogens with two attached hydrogens (primary N) is 1. The average Bonchev–Trinajstić information content (AvgIpc) is 2.38. The molecule has 0 aliphatic carbocycles. The number of guanidine groups is 1. The molecular weight excluding hydrogens is 226 g/mol. The number of nitrogens with zero attached hydrogens (tertiary/aromatic N) is 1. The van der Waals surface area contributed by atoms with Gasteiger partial charge in [-0.05, 0) is 11.5 Å². The Hall–Kier alpha value is -1.55. The zero-order valence-electron chi connectivity index (χ0n) is 11.4. The van der Waals surface area contributed by atoms with Crippen LogP contribution in [0.1, 0.15) is 25.5 Å². The van der Waals surface area contributed by atoms with Gasteiger partial charge in [0.2, 0.25) is 0 Å². The predicted octanol–water partition coefficient (Wildman–Crippen LogP) is 1.93. The summed E-state index contributed by atoms with van der Waals surface area (Å²) in [6.45, 7) is 5.58. The maximum absolute atomic E-state index is 5.79. The molecule has 0 amide bonds. The van der Waals surface area contributed by atoms with E-state index in [9.17, 15) is 0 Å². The van der Waals surface area contributed by atoms with E-state index < -0.39 is 0 Å². The molecule has 4 nitrogen and oxygen atoms in total. The molecule has 0 saturated carbocycles. The molecule has 100 valence electrons. The summed E-state index contributed by atoms with van der Waals surface area (Å²) in [5, 5.41) is 3.09. The Morgan fingerprint density at radius 3 is 2.56 bits per heavy atom. The van der Waals surface area contributed by atoms with Crippen molar-refractivity contribution in [2.45, 2.75) is 20.0 Å². The van der Waals surface area contributed by atoms with Gasteiger partial charge in [0.1, 0.15) is 0 Å². The van der Waals surface area contributed by atoms with Crippen LogP contribution in [-0.2, 0) is 4.74 Å². The van der Waals surface area contributed by atoms with Crippen LogP contribution >= 0.6 is 0 Å². The monoisotopic (exact) mass is 249 g/mol. The number of hydrogen-bond acceptors (Lipinski definition) is 2. The van der Waals surface area contributed by atoms with E-state index in [0.717, 1.165) is 12.1 Å². The highest BCUT2D eigenvalue weighted by Crippen LogP contribution is 2.14. The standard InChI is InChI=1S/C14H23N3O/c1-11(2)9-16-14(15)17-10-13(18-3)12-7-5-4-6-8-12/h4-8,11,13H,9-10H2,1-3H3,(H3,15,16,17). The Kier molecular flexibility index (Phi) is 6.22. The summed E-state index contributed by atoms with van der Waals surface area (Å²) < 4.78 is 5.44. The molecule has 0 saturated heterocycles. The van der Waals surface area contributed by atoms with Crippen molar-refractivity contribution in [1.29, 1.82) is 0 Å². The molecule has 1 aromatic carbocycles. The van der Waals surface area contributed by atoms with Crippen molar-refractivity contribution in [3.05, 3.63) is 35.9 Å². The van der Waals surface area contributed by atoms with Gasteiger partial charge in [0.25, 0.3) is 0 Å². The maximum atomic E-state index is 5.79. The number of nitrogens with one attached hydrogen (secondary N) is 1. The van der Waals surface area contributed by atoms with Gasteiger partial charge < -0.3 is 15.8 Å². The first kappa shape index (κ1) is 14.5. The lowest BCUT2D eigenvalue weighted by Crippen LogP contribution is -2.35. The highest BCUT2D eigenvalue weighted by molar-refractivity contribution is 5.77. The summed E-state index contributed by atoms with van der Waals surface area (Å²) in [4.78, 5) is 4.25. The zero-order valence-corrected chi connectivity index (χ0v) is 11.4. The molecule has 1 rings (SSSR count). The molecule has 0 heterocycles. The van der Waals surface area contributed by atoms with Gasteiger partial charge in [-0.2, -0.15) is 0 Å². The summed E-state index contributed by atoms with van der Waals surface area (Å²) in [6, 6.07) is 10.1. The van der Waals surface area contributed by atoms with Crippen LogP contribution < -0.4 is 11.1 Å². The van der Waals surface area contributed by atoms with Crippen LogP contribution in [0.3, 0.4) is 0 Å². The zero-order chi connectivity index (χ0) is 13.4. The lowest BCUT2D eigenvalue weighted by molar-refractivity contribution is 0.106. The summed E-state index contributed by atoms with van der Waals surface area (Å²) in [5.74, 6) is 0.986. The first-order chi connectivity index (χ1) is 8.63. The number of methoxy groups -OCH3 is 1. The second-order valence-corrected chi connectivity index (χ2v) is 4.64. The normalized spacial score (nSPS) is 13.7. The van der Waals surface area contributed by atoms with Gasteiger partial charge in [0.15, 0.2) is 5.96 Å². The molecular formula is C14H23N3O. The van der Waals surface area contributed by atoms with Crippen molar-refractivity contribution >= 4 is 5.96 Å². The fourth-order valence-electron chi connectivity index (χ4n) is 1.54. The SMILES string of the molecule is COC(CNC(N)=NCC(C)C)c1ccccc1. The van der Waals surface area contributed by atoms with Crippen LogP contribution in [0.5, 0.6) is 0 Å². The fraction of sp³-hybridized carbons (Fsp3) is 0.500. The molecule has 1 atom stereocenters. The van der Waals surface area contributed by atoms with E-state index >= 15 is 0 Å². The van der Waals surface area contributed by atoms with Gasteiger partial charge >= 0.3 is 0 Å². The number of rotatable bonds is 6. The third-order valence-electron chi connectivity index (χ3n) is 2.55. The number of ether oxygens (including phenoxy) is 1. The Labute approximate surface area is 109 Å². The molecule has 0 bridgehead atoms. The third kappa shape index (κ3) is 5.19. The molecule has 0 fully saturated rings. The second-order valence-electron chi connectivity index (χ2n) is 4.64. The molecule has 1 unspecified atom stereocenters. The first-order valence-electron chi connectivity index (χ1n) is 6.25. The summed E-state index contributed by atoms with van der Waals surface area (Å²) >= 11 is 0. The third-order valence-corrected chi connectivity index (χ3v) is 2.55. The lowest BCUT2D eigenvalue weighted by Gasteiger charge is -2.16. The Morgan fingerprint density at radius 1 is 1.33 bits per heavy atom. The van der Waals surface area contributed by atoms with Gasteiger partial charge in [-0.25, -0.2) is 0 Å². The smallest absolute Gasteiger partial charge is 0.188 e. The number of hydrogen-bond donors (Lipinski definition) is 2. The number of aliphatic imine (C=N–C) groups is 1. The molecule has 0 aromatic heterocycles. The second kappa shape index (κ2) is 7.71. The van der Waals surface area contributed by atoms with Gasteiger partial charge in [0.05, 0.1) is 6.10 Å². The predicted molar refractivity (Wildman–Crippen MR) is 75.5 cm³/mol. The molecule has 4 heteroatoms. The molecule has 0 aliphatic rings. The summed E-state index contributed by atoms with van der Waals surface area (Å²) in [6.07, 6.45) is -0.0148. The van der Waals surface area contributed by atoms with Crippen LogP contribution in [0.4, 0.5) is 0 Å². The van der Waals surface area contributed by atoms with Crippen molar-refractivity contribution in [1.82, 2.24) is 5.32 Å². The average molecular weight is 249 g/mol. The minimum Gasteiger partial charge on any atom is -0.375 e. The summed E-state index contributed by atoms with van der Waals surface area (Å²) in [5.41, 5.74) is 6.92. The van der Waals surface area contributed by atoms with Crippen molar-refractivity contribution in [3.8, 4) is 0 Å². The van der Waals surface area contributed by atoms with E-state index in [4.69, 9.17) is 10.5 Å². The van der Waals surface area contributed by atoms with Crippen LogP contribution in [0.15, 0.2) is 35.3 Å².